The lowest BCUT2D eigenvalue weighted by molar-refractivity contribution is -0.152. The summed E-state index contributed by atoms with van der Waals surface area (Å²) in [6.45, 7) is 2.07. The summed E-state index contributed by atoms with van der Waals surface area (Å²) < 4.78 is 0. The van der Waals surface area contributed by atoms with Crippen molar-refractivity contribution in [3.8, 4) is 0 Å². The van der Waals surface area contributed by atoms with E-state index in [0.29, 0.717) is 6.04 Å². The van der Waals surface area contributed by atoms with Gasteiger partial charge in [0.05, 0.1) is 0 Å². The highest BCUT2D eigenvalue weighted by molar-refractivity contribution is 5.77. The Hall–Kier alpha value is -1.35. The average Bonchev–Trinajstić information content (AvgIpc) is 2.25. The molecule has 0 unspecified atom stereocenters. The van der Waals surface area contributed by atoms with E-state index in [1.807, 2.05) is 42.3 Å². The molecule has 0 amide bonds. The van der Waals surface area contributed by atoms with Crippen molar-refractivity contribution in [3.05, 3.63) is 35.9 Å². The van der Waals surface area contributed by atoms with Gasteiger partial charge in [0.1, 0.15) is 6.04 Å². The van der Waals surface area contributed by atoms with Crippen LogP contribution in [-0.4, -0.2) is 35.1 Å². The number of nitrogens with zero attached hydrogens (tertiary/aromatic N) is 1. The molecule has 1 fully saturated rings. The minimum atomic E-state index is -0.732. The lowest BCUT2D eigenvalue weighted by Gasteiger charge is -2.50. The van der Waals surface area contributed by atoms with E-state index < -0.39 is 5.97 Å². The monoisotopic (exact) mass is 205 g/mol. The molecule has 15 heavy (non-hydrogen) atoms. The number of carboxylic acid groups (broad SMARTS) is 1. The Morgan fingerprint density at radius 3 is 2.47 bits per heavy atom. The highest BCUT2D eigenvalue weighted by Crippen LogP contribution is 2.39. The zero-order chi connectivity index (χ0) is 11.0. The fourth-order valence-corrected chi connectivity index (χ4v) is 2.39. The highest BCUT2D eigenvalue weighted by Gasteiger charge is 2.48. The van der Waals surface area contributed by atoms with Crippen LogP contribution in [0.5, 0.6) is 0 Å². The van der Waals surface area contributed by atoms with Crippen molar-refractivity contribution in [2.24, 2.45) is 0 Å². The fourth-order valence-electron chi connectivity index (χ4n) is 2.39. The summed E-state index contributed by atoms with van der Waals surface area (Å²) in [6.07, 6.45) is 0. The number of hydrogen-bond donors (Lipinski definition) is 1. The van der Waals surface area contributed by atoms with Crippen LogP contribution in [0.15, 0.2) is 30.3 Å². The molecule has 1 saturated heterocycles. The molecule has 2 rings (SSSR count). The molecule has 1 aromatic rings. The molecule has 1 aromatic carbocycles. The van der Waals surface area contributed by atoms with Crippen LogP contribution >= 0.6 is 0 Å². The molecule has 0 spiro atoms. The molecule has 0 bridgehead atoms. The quantitative estimate of drug-likeness (QED) is 0.796. The third-order valence-corrected chi connectivity index (χ3v) is 3.38. The maximum absolute atomic E-state index is 11.1. The predicted molar refractivity (Wildman–Crippen MR) is 57.8 cm³/mol. The first-order valence-corrected chi connectivity index (χ1v) is 5.12. The van der Waals surface area contributed by atoms with Crippen LogP contribution < -0.4 is 0 Å². The van der Waals surface area contributed by atoms with E-state index in [1.165, 1.54) is 0 Å². The molecule has 1 N–H and O–H groups in total. The number of likely N-dealkylation sites (N-methyl/N-ethyl adjacent to an activating group) is 1. The second-order valence-electron chi connectivity index (χ2n) is 4.13. The van der Waals surface area contributed by atoms with Crippen molar-refractivity contribution in [1.82, 2.24) is 4.90 Å². The first kappa shape index (κ1) is 10.2. The van der Waals surface area contributed by atoms with Crippen molar-refractivity contribution in [2.75, 3.05) is 7.05 Å². The van der Waals surface area contributed by atoms with E-state index in [0.717, 1.165) is 5.56 Å². The molecular formula is C12H15NO2. The Balaban J connectivity index is 2.26. The van der Waals surface area contributed by atoms with Gasteiger partial charge in [-0.05, 0) is 19.5 Å². The van der Waals surface area contributed by atoms with Gasteiger partial charge >= 0.3 is 5.97 Å². The van der Waals surface area contributed by atoms with E-state index in [1.54, 1.807) is 0 Å². The zero-order valence-electron chi connectivity index (χ0n) is 8.92. The minimum Gasteiger partial charge on any atom is -0.480 e. The van der Waals surface area contributed by atoms with Gasteiger partial charge in [0.2, 0.25) is 0 Å². The van der Waals surface area contributed by atoms with Gasteiger partial charge in [-0.3, -0.25) is 9.69 Å². The van der Waals surface area contributed by atoms with Crippen LogP contribution in [0, 0.1) is 0 Å². The molecule has 1 aliphatic heterocycles. The lowest BCUT2D eigenvalue weighted by atomic mass is 9.76. The summed E-state index contributed by atoms with van der Waals surface area (Å²) in [5.41, 5.74) is 1.12. The number of hydrogen-bond acceptors (Lipinski definition) is 2. The van der Waals surface area contributed by atoms with Gasteiger partial charge in [0, 0.05) is 12.0 Å². The van der Waals surface area contributed by atoms with Gasteiger partial charge in [-0.15, -0.1) is 0 Å². The van der Waals surface area contributed by atoms with Crippen LogP contribution in [0.25, 0.3) is 0 Å². The molecule has 0 radical (unpaired) electrons. The van der Waals surface area contributed by atoms with Crippen molar-refractivity contribution < 1.29 is 9.90 Å². The van der Waals surface area contributed by atoms with Crippen LogP contribution in [0.4, 0.5) is 0 Å². The van der Waals surface area contributed by atoms with Crippen molar-refractivity contribution >= 4 is 5.97 Å². The molecular weight excluding hydrogens is 190 g/mol. The van der Waals surface area contributed by atoms with E-state index in [9.17, 15) is 4.79 Å². The summed E-state index contributed by atoms with van der Waals surface area (Å²) >= 11 is 0. The van der Waals surface area contributed by atoms with E-state index >= 15 is 0 Å². The largest absolute Gasteiger partial charge is 0.480 e. The van der Waals surface area contributed by atoms with E-state index in [-0.39, 0.29) is 12.0 Å². The van der Waals surface area contributed by atoms with Crippen molar-refractivity contribution in [3.63, 3.8) is 0 Å². The Bertz CT molecular complexity index is 363. The average molecular weight is 205 g/mol. The summed E-state index contributed by atoms with van der Waals surface area (Å²) in [7, 11) is 1.86. The van der Waals surface area contributed by atoms with Gasteiger partial charge in [-0.1, -0.05) is 30.3 Å². The lowest BCUT2D eigenvalue weighted by Crippen LogP contribution is -2.62. The first-order chi connectivity index (χ1) is 7.13. The van der Waals surface area contributed by atoms with Crippen molar-refractivity contribution in [2.45, 2.75) is 24.9 Å². The number of carboxylic acids is 1. The third-order valence-electron chi connectivity index (χ3n) is 3.38. The molecule has 3 nitrogen and oxygen atoms in total. The number of rotatable bonds is 2. The highest BCUT2D eigenvalue weighted by atomic mass is 16.4. The molecule has 80 valence electrons. The van der Waals surface area contributed by atoms with Crippen LogP contribution in [0.1, 0.15) is 18.4 Å². The van der Waals surface area contributed by atoms with Gasteiger partial charge in [-0.2, -0.15) is 0 Å². The molecule has 0 aliphatic carbocycles. The maximum atomic E-state index is 11.1. The summed E-state index contributed by atoms with van der Waals surface area (Å²) in [5, 5.41) is 9.11. The Kier molecular flexibility index (Phi) is 2.49. The maximum Gasteiger partial charge on any atom is 0.321 e. The van der Waals surface area contributed by atoms with Crippen LogP contribution in [-0.2, 0) is 4.79 Å². The fraction of sp³-hybridized carbons (Fsp3) is 0.417. The second kappa shape index (κ2) is 3.66. The standard InChI is InChI=1S/C12H15NO2/c1-8-10(9-6-4-3-5-7-9)11(12(14)15)13(8)2/h3-8,10-11H,1-2H3,(H,14,15)/t8-,10+,11-/m0/s1. The Morgan fingerprint density at radius 2 is 1.93 bits per heavy atom. The minimum absolute atomic E-state index is 0.119. The number of likely N-dealkylation sites (tertiary alicyclic amines) is 1. The molecule has 3 atom stereocenters. The SMILES string of the molecule is C[C@H]1[C@H](c2ccccc2)[C@@H](C(=O)O)N1C. The molecule has 1 heterocycles. The summed E-state index contributed by atoms with van der Waals surface area (Å²) in [4.78, 5) is 13.0. The van der Waals surface area contributed by atoms with E-state index in [4.69, 9.17) is 5.11 Å². The zero-order valence-corrected chi connectivity index (χ0v) is 8.92. The number of aliphatic carboxylic acids is 1. The number of carbonyl (C=O) groups is 1. The first-order valence-electron chi connectivity index (χ1n) is 5.12. The molecule has 1 aliphatic rings. The summed E-state index contributed by atoms with van der Waals surface area (Å²) in [6, 6.07) is 9.80. The van der Waals surface area contributed by atoms with Gasteiger partial charge in [0.25, 0.3) is 0 Å². The second-order valence-corrected chi connectivity index (χ2v) is 4.13. The molecule has 0 aromatic heterocycles. The van der Waals surface area contributed by atoms with Gasteiger partial charge in [-0.25, -0.2) is 0 Å². The normalized spacial score (nSPS) is 30.9. The molecule has 3 heteroatoms. The predicted octanol–water partition coefficient (Wildman–Crippen LogP) is 1.56. The Labute approximate surface area is 89.3 Å². The third kappa shape index (κ3) is 1.53. The topological polar surface area (TPSA) is 40.5 Å². The van der Waals surface area contributed by atoms with Gasteiger partial charge in [0.15, 0.2) is 0 Å². The van der Waals surface area contributed by atoms with Gasteiger partial charge < -0.3 is 5.11 Å². The smallest absolute Gasteiger partial charge is 0.321 e. The Morgan fingerprint density at radius 1 is 1.33 bits per heavy atom. The summed E-state index contributed by atoms with van der Waals surface area (Å²) in [5.74, 6) is -0.613. The number of benzene rings is 1. The molecule has 0 saturated carbocycles. The van der Waals surface area contributed by atoms with Crippen molar-refractivity contribution in [1.29, 1.82) is 0 Å². The van der Waals surface area contributed by atoms with Crippen LogP contribution in [0.3, 0.4) is 0 Å². The van der Waals surface area contributed by atoms with E-state index in [2.05, 4.69) is 6.92 Å². The van der Waals surface area contributed by atoms with Crippen LogP contribution in [0.2, 0.25) is 0 Å².